The largest absolute Gasteiger partial charge is 0.478 e. The Balaban J connectivity index is 2.63. The maximum absolute atomic E-state index is 14.0. The number of aromatic carboxylic acids is 1. The van der Waals surface area contributed by atoms with Crippen LogP contribution in [0.1, 0.15) is 49.2 Å². The first-order valence-corrected chi connectivity index (χ1v) is 7.37. The highest BCUT2D eigenvalue weighted by Gasteiger charge is 2.25. The summed E-state index contributed by atoms with van der Waals surface area (Å²) in [6.07, 6.45) is -3.76. The first-order chi connectivity index (χ1) is 11.0. The minimum absolute atomic E-state index is 0.00657. The summed E-state index contributed by atoms with van der Waals surface area (Å²) in [5.41, 5.74) is -1.58. The zero-order valence-corrected chi connectivity index (χ0v) is 13.7. The van der Waals surface area contributed by atoms with E-state index in [9.17, 15) is 24.2 Å². The summed E-state index contributed by atoms with van der Waals surface area (Å²) in [5, 5.41) is 31.2. The predicted octanol–water partition coefficient (Wildman–Crippen LogP) is 1.83. The molecule has 1 amide bonds. The van der Waals surface area contributed by atoms with Crippen LogP contribution in [-0.2, 0) is 4.74 Å². The van der Waals surface area contributed by atoms with Crippen LogP contribution in [0.2, 0.25) is 0 Å². The molecule has 1 rings (SSSR count). The molecule has 134 valence electrons. The maximum atomic E-state index is 14.0. The number of benzene rings is 1. The third-order valence-electron chi connectivity index (χ3n) is 3.05. The van der Waals surface area contributed by atoms with Crippen molar-refractivity contribution in [2.45, 2.75) is 45.0 Å². The zero-order valence-electron chi connectivity index (χ0n) is 13.7. The van der Waals surface area contributed by atoms with Gasteiger partial charge in [0.1, 0.15) is 17.5 Å². The second-order valence-electron chi connectivity index (χ2n) is 6.24. The first kappa shape index (κ1) is 19.9. The van der Waals surface area contributed by atoms with Crippen molar-refractivity contribution in [2.24, 2.45) is 0 Å². The Morgan fingerprint density at radius 3 is 2.46 bits per heavy atom. The Labute approximate surface area is 139 Å². The number of carbonyl (C=O) groups is 2. The van der Waals surface area contributed by atoms with E-state index in [1.165, 1.54) is 12.1 Å². The van der Waals surface area contributed by atoms with E-state index in [1.807, 2.05) is 0 Å². The fourth-order valence-electron chi connectivity index (χ4n) is 1.94. The summed E-state index contributed by atoms with van der Waals surface area (Å²) < 4.78 is 19.0. The molecule has 0 spiro atoms. The fourth-order valence-corrected chi connectivity index (χ4v) is 1.94. The van der Waals surface area contributed by atoms with Gasteiger partial charge in [0.15, 0.2) is 0 Å². The van der Waals surface area contributed by atoms with Crippen LogP contribution in [0.15, 0.2) is 18.2 Å². The number of halogens is 1. The normalized spacial score (nSPS) is 13.9. The molecule has 8 heteroatoms. The van der Waals surface area contributed by atoms with Gasteiger partial charge in [-0.3, -0.25) is 0 Å². The van der Waals surface area contributed by atoms with E-state index < -0.39 is 41.3 Å². The highest BCUT2D eigenvalue weighted by atomic mass is 19.1. The van der Waals surface area contributed by atoms with Crippen molar-refractivity contribution >= 4 is 12.1 Å². The number of alkyl carbamates (subject to hydrolysis) is 1. The molecule has 0 bridgehead atoms. The molecule has 2 atom stereocenters. The number of carboxylic acids is 1. The van der Waals surface area contributed by atoms with E-state index >= 15 is 0 Å². The smallest absolute Gasteiger partial charge is 0.407 e. The number of hydrogen-bond donors (Lipinski definition) is 4. The van der Waals surface area contributed by atoms with E-state index in [0.29, 0.717) is 0 Å². The molecule has 24 heavy (non-hydrogen) atoms. The van der Waals surface area contributed by atoms with E-state index in [0.717, 1.165) is 6.07 Å². The van der Waals surface area contributed by atoms with Gasteiger partial charge in [0.05, 0.1) is 11.7 Å². The van der Waals surface area contributed by atoms with Gasteiger partial charge in [0, 0.05) is 12.1 Å². The van der Waals surface area contributed by atoms with Gasteiger partial charge in [-0.15, -0.1) is 0 Å². The number of ether oxygens (including phenoxy) is 1. The zero-order chi connectivity index (χ0) is 18.5. The Morgan fingerprint density at radius 1 is 1.29 bits per heavy atom. The quantitative estimate of drug-likeness (QED) is 0.626. The summed E-state index contributed by atoms with van der Waals surface area (Å²) in [7, 11) is 0. The van der Waals surface area contributed by atoms with Gasteiger partial charge < -0.3 is 25.4 Å². The van der Waals surface area contributed by atoms with Crippen LogP contribution in [0, 0.1) is 5.82 Å². The SMILES string of the molecule is CC(C)(C)OC(=O)NCCC(O)C(O)c1cccc(C(=O)O)c1F. The van der Waals surface area contributed by atoms with Crippen molar-refractivity contribution in [1.82, 2.24) is 5.32 Å². The Bertz CT molecular complexity index is 599. The van der Waals surface area contributed by atoms with Crippen molar-refractivity contribution in [3.63, 3.8) is 0 Å². The third-order valence-corrected chi connectivity index (χ3v) is 3.05. The highest BCUT2D eigenvalue weighted by Crippen LogP contribution is 2.24. The molecular weight excluding hydrogens is 321 g/mol. The number of carbonyl (C=O) groups excluding carboxylic acids is 1. The molecule has 2 unspecified atom stereocenters. The predicted molar refractivity (Wildman–Crippen MR) is 83.2 cm³/mol. The van der Waals surface area contributed by atoms with Gasteiger partial charge in [0.25, 0.3) is 0 Å². The van der Waals surface area contributed by atoms with Crippen molar-refractivity contribution in [3.05, 3.63) is 35.1 Å². The molecule has 0 radical (unpaired) electrons. The van der Waals surface area contributed by atoms with Crippen LogP contribution in [0.4, 0.5) is 9.18 Å². The molecule has 0 heterocycles. The van der Waals surface area contributed by atoms with Crippen LogP contribution in [0.3, 0.4) is 0 Å². The summed E-state index contributed by atoms with van der Waals surface area (Å²) >= 11 is 0. The summed E-state index contributed by atoms with van der Waals surface area (Å²) in [6.45, 7) is 5.09. The van der Waals surface area contributed by atoms with Gasteiger partial charge in [-0.2, -0.15) is 0 Å². The van der Waals surface area contributed by atoms with E-state index in [1.54, 1.807) is 20.8 Å². The molecule has 0 saturated heterocycles. The molecule has 0 aromatic heterocycles. The van der Waals surface area contributed by atoms with Crippen LogP contribution >= 0.6 is 0 Å². The summed E-state index contributed by atoms with van der Waals surface area (Å²) in [6, 6.07) is 3.53. The minimum Gasteiger partial charge on any atom is -0.478 e. The second-order valence-corrected chi connectivity index (χ2v) is 6.24. The standard InChI is InChI=1S/C16H22FNO6/c1-16(2,3)24-15(23)18-8-7-11(19)13(20)9-5-4-6-10(12(9)17)14(21)22/h4-6,11,13,19-20H,7-8H2,1-3H3,(H,18,23)(H,21,22). The first-order valence-electron chi connectivity index (χ1n) is 7.37. The monoisotopic (exact) mass is 343 g/mol. The van der Waals surface area contributed by atoms with E-state index in [-0.39, 0.29) is 18.5 Å². The maximum Gasteiger partial charge on any atom is 0.407 e. The molecular formula is C16H22FNO6. The number of carboxylic acid groups (broad SMARTS) is 1. The number of rotatable bonds is 6. The number of aliphatic hydroxyl groups is 2. The van der Waals surface area contributed by atoms with Crippen molar-refractivity contribution in [2.75, 3.05) is 6.54 Å². The van der Waals surface area contributed by atoms with Crippen LogP contribution < -0.4 is 5.32 Å². The molecule has 0 fully saturated rings. The van der Waals surface area contributed by atoms with E-state index in [4.69, 9.17) is 9.84 Å². The van der Waals surface area contributed by atoms with Crippen LogP contribution in [0.5, 0.6) is 0 Å². The van der Waals surface area contributed by atoms with Crippen LogP contribution in [0.25, 0.3) is 0 Å². The lowest BCUT2D eigenvalue weighted by molar-refractivity contribution is 0.0102. The molecule has 7 nitrogen and oxygen atoms in total. The van der Waals surface area contributed by atoms with Gasteiger partial charge >= 0.3 is 12.1 Å². The average Bonchev–Trinajstić information content (AvgIpc) is 2.44. The van der Waals surface area contributed by atoms with Gasteiger partial charge in [0.2, 0.25) is 0 Å². The second kappa shape index (κ2) is 8.07. The molecule has 4 N–H and O–H groups in total. The lowest BCUT2D eigenvalue weighted by Crippen LogP contribution is -2.34. The summed E-state index contributed by atoms with van der Waals surface area (Å²) in [4.78, 5) is 22.3. The van der Waals surface area contributed by atoms with Gasteiger partial charge in [-0.1, -0.05) is 12.1 Å². The lowest BCUT2D eigenvalue weighted by atomic mass is 9.99. The number of nitrogens with one attached hydrogen (secondary N) is 1. The summed E-state index contributed by atoms with van der Waals surface area (Å²) in [5.74, 6) is -2.57. The third kappa shape index (κ3) is 5.78. The molecule has 1 aromatic rings. The van der Waals surface area contributed by atoms with Crippen molar-refractivity contribution < 1.29 is 34.0 Å². The average molecular weight is 343 g/mol. The molecule has 1 aromatic carbocycles. The van der Waals surface area contributed by atoms with E-state index in [2.05, 4.69) is 5.32 Å². The molecule has 0 aliphatic rings. The Morgan fingerprint density at radius 2 is 1.92 bits per heavy atom. The van der Waals surface area contributed by atoms with Crippen molar-refractivity contribution in [1.29, 1.82) is 0 Å². The Hall–Kier alpha value is -2.19. The molecule has 0 aliphatic carbocycles. The topological polar surface area (TPSA) is 116 Å². The van der Waals surface area contributed by atoms with Gasteiger partial charge in [-0.05, 0) is 33.3 Å². The highest BCUT2D eigenvalue weighted by molar-refractivity contribution is 5.88. The number of aliphatic hydroxyl groups excluding tert-OH is 2. The van der Waals surface area contributed by atoms with Gasteiger partial charge in [-0.25, -0.2) is 14.0 Å². The van der Waals surface area contributed by atoms with Crippen molar-refractivity contribution in [3.8, 4) is 0 Å². The minimum atomic E-state index is -1.62. The lowest BCUT2D eigenvalue weighted by Gasteiger charge is -2.21. The molecule has 0 saturated carbocycles. The number of amides is 1. The van der Waals surface area contributed by atoms with Crippen LogP contribution in [-0.4, -0.2) is 45.6 Å². The fraction of sp³-hybridized carbons (Fsp3) is 0.500. The Kier molecular flexibility index (Phi) is 6.68. The number of hydrogen-bond acceptors (Lipinski definition) is 5. The molecule has 0 aliphatic heterocycles.